The molecular formula is C16H20Cl4O2. The molecule has 0 amide bonds. The summed E-state index contributed by atoms with van der Waals surface area (Å²) < 4.78 is 3.12. The van der Waals surface area contributed by atoms with E-state index < -0.39 is 9.76 Å². The highest BCUT2D eigenvalue weighted by Crippen LogP contribution is 2.42. The van der Waals surface area contributed by atoms with E-state index in [9.17, 15) is 4.79 Å². The van der Waals surface area contributed by atoms with Crippen LogP contribution in [0.4, 0.5) is 0 Å². The lowest BCUT2D eigenvalue weighted by atomic mass is 9.80. The molecule has 0 bridgehead atoms. The molecule has 0 spiro atoms. The van der Waals surface area contributed by atoms with Crippen molar-refractivity contribution in [1.82, 2.24) is 0 Å². The first-order valence-corrected chi connectivity index (χ1v) is 8.28. The molecule has 0 radical (unpaired) electrons. The lowest BCUT2D eigenvalue weighted by Gasteiger charge is -2.28. The van der Waals surface area contributed by atoms with Crippen molar-refractivity contribution in [2.75, 3.05) is 0 Å². The number of rotatable bonds is 1. The first kappa shape index (κ1) is 19.9. The highest BCUT2D eigenvalue weighted by atomic mass is 35.6. The second kappa shape index (κ2) is 6.39. The largest absolute Gasteiger partial charge is 0.421 e. The summed E-state index contributed by atoms with van der Waals surface area (Å²) in [5, 5.41) is 0.319. The van der Waals surface area contributed by atoms with Crippen LogP contribution < -0.4 is 4.74 Å². The number of carbonyl (C=O) groups is 1. The number of hydrogen-bond donors (Lipinski definition) is 0. The van der Waals surface area contributed by atoms with Gasteiger partial charge in [0.25, 0.3) is 3.79 Å². The van der Waals surface area contributed by atoms with Crippen LogP contribution in [0.5, 0.6) is 5.75 Å². The summed E-state index contributed by atoms with van der Waals surface area (Å²) in [4.78, 5) is 11.9. The van der Waals surface area contributed by atoms with E-state index in [1.165, 1.54) is 0 Å². The number of esters is 1. The van der Waals surface area contributed by atoms with Crippen LogP contribution in [0.3, 0.4) is 0 Å². The molecule has 0 N–H and O–H groups in total. The number of ether oxygens (including phenoxy) is 1. The third kappa shape index (κ3) is 4.92. The molecule has 1 rings (SSSR count). The summed E-state index contributed by atoms with van der Waals surface area (Å²) in [7, 11) is 0. The Morgan fingerprint density at radius 2 is 1.45 bits per heavy atom. The van der Waals surface area contributed by atoms with Gasteiger partial charge in [-0.25, -0.2) is 4.79 Å². The second-order valence-electron chi connectivity index (χ2n) is 7.22. The molecule has 2 nitrogen and oxygen atoms in total. The SMILES string of the molecule is CC(C)(C)c1cc(Cl)c(OC(=O)C(Cl)(Cl)Cl)c(C(C)(C)C)c1. The predicted molar refractivity (Wildman–Crippen MR) is 94.8 cm³/mol. The summed E-state index contributed by atoms with van der Waals surface area (Å²) in [5.41, 5.74) is 1.43. The molecule has 1 aromatic rings. The van der Waals surface area contributed by atoms with Crippen LogP contribution >= 0.6 is 46.4 Å². The molecule has 0 unspecified atom stereocenters. The number of halogens is 4. The van der Waals surface area contributed by atoms with Crippen LogP contribution in [-0.4, -0.2) is 9.76 Å². The van der Waals surface area contributed by atoms with Gasteiger partial charge in [0.15, 0.2) is 5.75 Å². The number of carbonyl (C=O) groups excluding carboxylic acids is 1. The number of alkyl halides is 3. The fourth-order valence-electron chi connectivity index (χ4n) is 1.84. The van der Waals surface area contributed by atoms with E-state index >= 15 is 0 Å². The van der Waals surface area contributed by atoms with Gasteiger partial charge in [-0.3, -0.25) is 0 Å². The van der Waals surface area contributed by atoms with E-state index in [1.54, 1.807) is 6.07 Å². The van der Waals surface area contributed by atoms with Crippen molar-refractivity contribution >= 4 is 52.4 Å². The zero-order chi connectivity index (χ0) is 17.5. The quantitative estimate of drug-likeness (QED) is 0.326. The summed E-state index contributed by atoms with van der Waals surface area (Å²) in [6, 6.07) is 3.75. The Morgan fingerprint density at radius 3 is 1.82 bits per heavy atom. The lowest BCUT2D eigenvalue weighted by Crippen LogP contribution is -2.27. The first-order chi connectivity index (χ1) is 9.64. The normalized spacial score (nSPS) is 13.2. The molecule has 22 heavy (non-hydrogen) atoms. The molecule has 0 aliphatic rings. The Morgan fingerprint density at radius 1 is 0.955 bits per heavy atom. The maximum atomic E-state index is 11.9. The molecule has 124 valence electrons. The van der Waals surface area contributed by atoms with E-state index in [1.807, 2.05) is 26.8 Å². The molecule has 0 aliphatic carbocycles. The van der Waals surface area contributed by atoms with E-state index in [2.05, 4.69) is 20.8 Å². The minimum atomic E-state index is -2.15. The maximum absolute atomic E-state index is 11.9. The van der Waals surface area contributed by atoms with Crippen molar-refractivity contribution in [3.05, 3.63) is 28.3 Å². The second-order valence-corrected chi connectivity index (χ2v) is 9.91. The van der Waals surface area contributed by atoms with Crippen molar-refractivity contribution in [1.29, 1.82) is 0 Å². The number of benzene rings is 1. The first-order valence-electron chi connectivity index (χ1n) is 6.77. The van der Waals surface area contributed by atoms with Gasteiger partial charge in [-0.15, -0.1) is 0 Å². The standard InChI is InChI=1S/C16H20Cl4O2/c1-14(2,3)9-7-10(15(4,5)6)12(11(17)8-9)22-13(21)16(18,19)20/h7-8H,1-6H3. The van der Waals surface area contributed by atoms with E-state index in [0.717, 1.165) is 11.1 Å². The van der Waals surface area contributed by atoms with Crippen molar-refractivity contribution in [2.24, 2.45) is 0 Å². The summed E-state index contributed by atoms with van der Waals surface area (Å²) in [6.45, 7) is 12.2. The van der Waals surface area contributed by atoms with Crippen molar-refractivity contribution in [3.63, 3.8) is 0 Å². The Hall–Kier alpha value is -0.150. The summed E-state index contributed by atoms with van der Waals surface area (Å²) in [6.07, 6.45) is 0. The van der Waals surface area contributed by atoms with Gasteiger partial charge >= 0.3 is 5.97 Å². The molecule has 1 aromatic carbocycles. The Bertz CT molecular complexity index is 576. The molecule has 0 aliphatic heterocycles. The minimum absolute atomic E-state index is 0.0958. The third-order valence-corrected chi connectivity index (χ3v) is 3.89. The third-order valence-electron chi connectivity index (χ3n) is 3.14. The Labute approximate surface area is 152 Å². The molecule has 0 aromatic heterocycles. The minimum Gasteiger partial charge on any atom is -0.421 e. The highest BCUT2D eigenvalue weighted by Gasteiger charge is 2.35. The fourth-order valence-corrected chi connectivity index (χ4v) is 2.21. The fraction of sp³-hybridized carbons (Fsp3) is 0.562. The van der Waals surface area contributed by atoms with Crippen LogP contribution in [0, 0.1) is 0 Å². The summed E-state index contributed by atoms with van der Waals surface area (Å²) in [5.74, 6) is -0.744. The summed E-state index contributed by atoms with van der Waals surface area (Å²) >= 11 is 23.0. The predicted octanol–water partition coefficient (Wildman–Crippen LogP) is 6.21. The van der Waals surface area contributed by atoms with Crippen LogP contribution in [-0.2, 0) is 15.6 Å². The van der Waals surface area contributed by atoms with Crippen molar-refractivity contribution < 1.29 is 9.53 Å². The van der Waals surface area contributed by atoms with Crippen LogP contribution in [0.1, 0.15) is 52.7 Å². The van der Waals surface area contributed by atoms with Gasteiger partial charge in [0.05, 0.1) is 5.02 Å². The van der Waals surface area contributed by atoms with Gasteiger partial charge in [0.1, 0.15) is 0 Å². The van der Waals surface area contributed by atoms with Gasteiger partial charge in [-0.1, -0.05) is 94.0 Å². The van der Waals surface area contributed by atoms with Gasteiger partial charge < -0.3 is 4.74 Å². The average molecular weight is 386 g/mol. The van der Waals surface area contributed by atoms with Crippen LogP contribution in [0.25, 0.3) is 0 Å². The van der Waals surface area contributed by atoms with Crippen LogP contribution in [0.2, 0.25) is 5.02 Å². The Kier molecular flexibility index (Phi) is 5.78. The van der Waals surface area contributed by atoms with Gasteiger partial charge in [0, 0.05) is 5.56 Å². The molecule has 0 heterocycles. The number of hydrogen-bond acceptors (Lipinski definition) is 2. The monoisotopic (exact) mass is 384 g/mol. The van der Waals surface area contributed by atoms with E-state index in [-0.39, 0.29) is 16.6 Å². The maximum Gasteiger partial charge on any atom is 0.363 e. The lowest BCUT2D eigenvalue weighted by molar-refractivity contribution is -0.133. The highest BCUT2D eigenvalue weighted by molar-refractivity contribution is 6.75. The van der Waals surface area contributed by atoms with Crippen LogP contribution in [0.15, 0.2) is 12.1 Å². The topological polar surface area (TPSA) is 26.3 Å². The molecule has 0 atom stereocenters. The zero-order valence-electron chi connectivity index (χ0n) is 13.5. The molecule has 0 saturated carbocycles. The smallest absolute Gasteiger partial charge is 0.363 e. The van der Waals surface area contributed by atoms with E-state index in [4.69, 9.17) is 51.1 Å². The van der Waals surface area contributed by atoms with Crippen molar-refractivity contribution in [2.45, 2.75) is 56.2 Å². The molecule has 0 fully saturated rings. The molecule has 6 heteroatoms. The van der Waals surface area contributed by atoms with Gasteiger partial charge in [0.2, 0.25) is 0 Å². The Balaban J connectivity index is 3.48. The van der Waals surface area contributed by atoms with E-state index in [0.29, 0.717) is 5.02 Å². The van der Waals surface area contributed by atoms with Gasteiger partial charge in [-0.2, -0.15) is 0 Å². The molecular weight excluding hydrogens is 366 g/mol. The average Bonchev–Trinajstić information content (AvgIpc) is 2.26. The van der Waals surface area contributed by atoms with Gasteiger partial charge in [-0.05, 0) is 22.5 Å². The molecule has 0 saturated heterocycles. The van der Waals surface area contributed by atoms with Crippen molar-refractivity contribution in [3.8, 4) is 5.75 Å². The zero-order valence-corrected chi connectivity index (χ0v) is 16.5.